The zero-order chi connectivity index (χ0) is 23.9. The second kappa shape index (κ2) is 8.44. The molecule has 0 atom stereocenters. The largest absolute Gasteiger partial charge is 0.237 e. The van der Waals surface area contributed by atoms with Gasteiger partial charge in [0, 0.05) is 18.0 Å². The zero-order valence-electron chi connectivity index (χ0n) is 19.6. The number of hydrogen-bond donors (Lipinski definition) is 0. The maximum atomic E-state index is 4.54. The summed E-state index contributed by atoms with van der Waals surface area (Å²) in [6.45, 7) is 0. The predicted molar refractivity (Wildman–Crippen MR) is 151 cm³/mol. The van der Waals surface area contributed by atoms with Crippen LogP contribution in [0.1, 0.15) is 0 Å². The molecule has 0 N–H and O–H groups in total. The van der Waals surface area contributed by atoms with E-state index in [0.717, 1.165) is 16.8 Å². The third-order valence-electron chi connectivity index (χ3n) is 6.99. The van der Waals surface area contributed by atoms with Crippen molar-refractivity contribution in [2.75, 3.05) is 0 Å². The van der Waals surface area contributed by atoms with Crippen LogP contribution in [0.4, 0.5) is 0 Å². The average molecular weight is 459 g/mol. The van der Waals surface area contributed by atoms with E-state index in [9.17, 15) is 0 Å². The molecular formula is C34H22N2. The van der Waals surface area contributed by atoms with Crippen LogP contribution >= 0.6 is 0 Å². The Hall–Kier alpha value is -4.82. The Kier molecular flexibility index (Phi) is 4.82. The van der Waals surface area contributed by atoms with Gasteiger partial charge in [-0.3, -0.25) is 0 Å². The number of rotatable bonds is 3. The first-order valence-electron chi connectivity index (χ1n) is 12.2. The third-order valence-corrected chi connectivity index (χ3v) is 6.99. The van der Waals surface area contributed by atoms with Gasteiger partial charge in [0.25, 0.3) is 0 Å². The van der Waals surface area contributed by atoms with Gasteiger partial charge in [-0.05, 0) is 66.7 Å². The molecule has 0 unspecified atom stereocenters. The summed E-state index contributed by atoms with van der Waals surface area (Å²) >= 11 is 0. The maximum Gasteiger partial charge on any atom is 0.159 e. The van der Waals surface area contributed by atoms with Crippen LogP contribution in [-0.4, -0.2) is 9.97 Å². The van der Waals surface area contributed by atoms with Gasteiger partial charge in [-0.25, -0.2) is 9.97 Å². The van der Waals surface area contributed by atoms with Gasteiger partial charge in [-0.15, -0.1) is 0 Å². The van der Waals surface area contributed by atoms with Crippen LogP contribution in [-0.2, 0) is 0 Å². The Balaban J connectivity index is 1.62. The highest BCUT2D eigenvalue weighted by Crippen LogP contribution is 2.45. The molecule has 0 bridgehead atoms. The summed E-state index contributed by atoms with van der Waals surface area (Å²) in [5.41, 5.74) is 6.04. The minimum atomic E-state index is 0.745. The Labute approximate surface area is 209 Å². The van der Waals surface area contributed by atoms with Gasteiger partial charge in [-0.1, -0.05) is 109 Å². The highest BCUT2D eigenvalue weighted by molar-refractivity contribution is 6.24. The molecule has 0 aliphatic rings. The number of benzene rings is 6. The van der Waals surface area contributed by atoms with Crippen LogP contribution < -0.4 is 0 Å². The van der Waals surface area contributed by atoms with E-state index in [1.807, 2.05) is 6.07 Å². The van der Waals surface area contributed by atoms with Crippen LogP contribution in [0, 0.1) is 0 Å². The van der Waals surface area contributed by atoms with Gasteiger partial charge in [0.1, 0.15) is 0 Å². The van der Waals surface area contributed by atoms with E-state index in [-0.39, 0.29) is 0 Å². The lowest BCUT2D eigenvalue weighted by molar-refractivity contribution is 1.18. The highest BCUT2D eigenvalue weighted by Gasteiger charge is 2.18. The molecule has 0 aliphatic carbocycles. The minimum absolute atomic E-state index is 0.745. The van der Waals surface area contributed by atoms with Crippen molar-refractivity contribution in [2.45, 2.75) is 0 Å². The van der Waals surface area contributed by atoms with E-state index in [1.165, 1.54) is 49.2 Å². The fraction of sp³-hybridized carbons (Fsp3) is 0. The maximum absolute atomic E-state index is 4.54. The smallest absolute Gasteiger partial charge is 0.159 e. The summed E-state index contributed by atoms with van der Waals surface area (Å²) in [5.74, 6) is 0.745. The first kappa shape index (κ1) is 20.5. The first-order valence-corrected chi connectivity index (χ1v) is 12.2. The van der Waals surface area contributed by atoms with Crippen molar-refractivity contribution >= 4 is 32.3 Å². The summed E-state index contributed by atoms with van der Waals surface area (Å²) < 4.78 is 0. The molecule has 1 aromatic heterocycles. The van der Waals surface area contributed by atoms with Crippen molar-refractivity contribution < 1.29 is 0 Å². The van der Waals surface area contributed by atoms with Crippen molar-refractivity contribution in [1.29, 1.82) is 0 Å². The second-order valence-corrected chi connectivity index (χ2v) is 8.99. The monoisotopic (exact) mass is 458 g/mol. The molecule has 0 fully saturated rings. The van der Waals surface area contributed by atoms with Crippen molar-refractivity contribution in [3.8, 4) is 33.6 Å². The molecule has 6 aromatic carbocycles. The number of nitrogens with zero attached hydrogens (tertiary/aromatic N) is 2. The molecule has 168 valence electrons. The van der Waals surface area contributed by atoms with Crippen LogP contribution in [0.25, 0.3) is 66.0 Å². The van der Waals surface area contributed by atoms with Crippen molar-refractivity contribution in [3.63, 3.8) is 0 Å². The van der Waals surface area contributed by atoms with Crippen LogP contribution in [0.15, 0.2) is 134 Å². The molecule has 0 saturated carbocycles. The molecule has 2 nitrogen and oxygen atoms in total. The molecule has 36 heavy (non-hydrogen) atoms. The molecule has 7 rings (SSSR count). The van der Waals surface area contributed by atoms with E-state index in [0.29, 0.717) is 0 Å². The van der Waals surface area contributed by atoms with E-state index in [1.54, 1.807) is 12.4 Å². The summed E-state index contributed by atoms with van der Waals surface area (Å²) in [5, 5.41) is 7.38. The van der Waals surface area contributed by atoms with Gasteiger partial charge in [0.15, 0.2) is 5.82 Å². The van der Waals surface area contributed by atoms with Crippen LogP contribution in [0.5, 0.6) is 0 Å². The van der Waals surface area contributed by atoms with E-state index < -0.39 is 0 Å². The summed E-state index contributed by atoms with van der Waals surface area (Å²) in [6.07, 6.45) is 3.60. The molecule has 0 aliphatic heterocycles. The Morgan fingerprint density at radius 3 is 1.36 bits per heavy atom. The second-order valence-electron chi connectivity index (χ2n) is 8.99. The van der Waals surface area contributed by atoms with Crippen molar-refractivity contribution in [2.24, 2.45) is 0 Å². The standard InChI is InChI=1S/C34H22N2/c1-2-11-23(12-3-1)32-26-15-6-8-17-28(26)33(29-18-9-7-16-27(29)32)30-19-20-31(34-35-21-10-22-36-34)25-14-5-4-13-24(25)30/h1-22H. The van der Waals surface area contributed by atoms with E-state index in [2.05, 4.69) is 125 Å². The average Bonchev–Trinajstić information content (AvgIpc) is 2.96. The Morgan fingerprint density at radius 1 is 0.333 bits per heavy atom. The Morgan fingerprint density at radius 2 is 0.778 bits per heavy atom. The normalized spacial score (nSPS) is 11.3. The van der Waals surface area contributed by atoms with Gasteiger partial charge in [-0.2, -0.15) is 0 Å². The van der Waals surface area contributed by atoms with Gasteiger partial charge < -0.3 is 0 Å². The predicted octanol–water partition coefficient (Wildman–Crippen LogP) is 8.94. The van der Waals surface area contributed by atoms with Gasteiger partial charge in [0.05, 0.1) is 0 Å². The summed E-state index contributed by atoms with van der Waals surface area (Å²) in [4.78, 5) is 9.07. The molecule has 2 heteroatoms. The summed E-state index contributed by atoms with van der Waals surface area (Å²) in [6, 6.07) is 43.2. The van der Waals surface area contributed by atoms with E-state index in [4.69, 9.17) is 0 Å². The molecule has 0 amide bonds. The third kappa shape index (κ3) is 3.19. The lowest BCUT2D eigenvalue weighted by Gasteiger charge is -2.19. The van der Waals surface area contributed by atoms with Crippen LogP contribution in [0.2, 0.25) is 0 Å². The first-order chi connectivity index (χ1) is 17.9. The molecule has 0 saturated heterocycles. The molecule has 7 aromatic rings. The van der Waals surface area contributed by atoms with Crippen molar-refractivity contribution in [1.82, 2.24) is 9.97 Å². The quantitative estimate of drug-likeness (QED) is 0.247. The molecule has 0 radical (unpaired) electrons. The highest BCUT2D eigenvalue weighted by atomic mass is 14.8. The fourth-order valence-corrected chi connectivity index (χ4v) is 5.48. The topological polar surface area (TPSA) is 25.8 Å². The number of hydrogen-bond acceptors (Lipinski definition) is 2. The summed E-state index contributed by atoms with van der Waals surface area (Å²) in [7, 11) is 0. The Bertz CT molecular complexity index is 1820. The fourth-order valence-electron chi connectivity index (χ4n) is 5.48. The molecule has 0 spiro atoms. The van der Waals surface area contributed by atoms with Crippen molar-refractivity contribution in [3.05, 3.63) is 134 Å². The zero-order valence-corrected chi connectivity index (χ0v) is 19.6. The van der Waals surface area contributed by atoms with Gasteiger partial charge >= 0.3 is 0 Å². The minimum Gasteiger partial charge on any atom is -0.237 e. The lowest BCUT2D eigenvalue weighted by atomic mass is 9.84. The number of aromatic nitrogens is 2. The molecular weight excluding hydrogens is 436 g/mol. The van der Waals surface area contributed by atoms with Crippen LogP contribution in [0.3, 0.4) is 0 Å². The molecule has 1 heterocycles. The number of fused-ring (bicyclic) bond motifs is 3. The SMILES string of the molecule is c1ccc(-c2c3ccccc3c(-c3ccc(-c4ncccn4)c4ccccc34)c3ccccc23)cc1. The van der Waals surface area contributed by atoms with Gasteiger partial charge in [0.2, 0.25) is 0 Å². The lowest BCUT2D eigenvalue weighted by Crippen LogP contribution is -1.93. The van der Waals surface area contributed by atoms with E-state index >= 15 is 0 Å².